The Morgan fingerprint density at radius 1 is 1.20 bits per heavy atom. The summed E-state index contributed by atoms with van der Waals surface area (Å²) in [7, 11) is 3.39. The standard InChI is InChI=1S/C13H18O2/c1-4-5-13(15-3)10-11-6-8-12(14-2)9-7-11/h5-9H,4,10H2,1-3H3/b13-5+. The van der Waals surface area contributed by atoms with E-state index in [0.717, 1.165) is 24.4 Å². The van der Waals surface area contributed by atoms with Crippen molar-refractivity contribution in [2.24, 2.45) is 0 Å². The highest BCUT2D eigenvalue weighted by atomic mass is 16.5. The van der Waals surface area contributed by atoms with Crippen LogP contribution in [0.3, 0.4) is 0 Å². The Morgan fingerprint density at radius 3 is 2.33 bits per heavy atom. The topological polar surface area (TPSA) is 18.5 Å². The maximum absolute atomic E-state index is 5.28. The van der Waals surface area contributed by atoms with E-state index < -0.39 is 0 Å². The molecule has 0 aliphatic rings. The van der Waals surface area contributed by atoms with Gasteiger partial charge in [0.2, 0.25) is 0 Å². The van der Waals surface area contributed by atoms with E-state index in [0.29, 0.717) is 0 Å². The van der Waals surface area contributed by atoms with Crippen LogP contribution >= 0.6 is 0 Å². The molecule has 0 aromatic heterocycles. The Labute approximate surface area is 91.5 Å². The second-order valence-corrected chi connectivity index (χ2v) is 3.31. The second-order valence-electron chi connectivity index (χ2n) is 3.31. The Morgan fingerprint density at radius 2 is 1.87 bits per heavy atom. The van der Waals surface area contributed by atoms with E-state index in [-0.39, 0.29) is 0 Å². The van der Waals surface area contributed by atoms with E-state index in [9.17, 15) is 0 Å². The first-order valence-electron chi connectivity index (χ1n) is 5.16. The molecule has 1 aromatic rings. The fourth-order valence-corrected chi connectivity index (χ4v) is 1.40. The molecule has 1 aromatic carbocycles. The van der Waals surface area contributed by atoms with Crippen molar-refractivity contribution in [2.75, 3.05) is 14.2 Å². The van der Waals surface area contributed by atoms with Gasteiger partial charge in [0.15, 0.2) is 0 Å². The van der Waals surface area contributed by atoms with Gasteiger partial charge in [0.05, 0.1) is 20.0 Å². The smallest absolute Gasteiger partial charge is 0.118 e. The number of rotatable bonds is 5. The molecule has 0 unspecified atom stereocenters. The summed E-state index contributed by atoms with van der Waals surface area (Å²) in [6.45, 7) is 2.10. The molecule has 0 fully saturated rings. The highest BCUT2D eigenvalue weighted by Gasteiger charge is 1.99. The monoisotopic (exact) mass is 206 g/mol. The van der Waals surface area contributed by atoms with Crippen molar-refractivity contribution in [1.29, 1.82) is 0 Å². The number of methoxy groups -OCH3 is 2. The van der Waals surface area contributed by atoms with Crippen LogP contribution in [0, 0.1) is 0 Å². The summed E-state index contributed by atoms with van der Waals surface area (Å²) >= 11 is 0. The average molecular weight is 206 g/mol. The van der Waals surface area contributed by atoms with E-state index in [4.69, 9.17) is 9.47 Å². The van der Waals surface area contributed by atoms with Crippen molar-refractivity contribution < 1.29 is 9.47 Å². The number of hydrogen-bond acceptors (Lipinski definition) is 2. The van der Waals surface area contributed by atoms with Crippen molar-refractivity contribution in [3.05, 3.63) is 41.7 Å². The fourth-order valence-electron chi connectivity index (χ4n) is 1.40. The zero-order valence-electron chi connectivity index (χ0n) is 9.62. The normalized spacial score (nSPS) is 11.3. The molecule has 0 spiro atoms. The minimum absolute atomic E-state index is 0.842. The molecule has 0 radical (unpaired) electrons. The molecule has 0 atom stereocenters. The Kier molecular flexibility index (Phi) is 4.75. The molecule has 0 saturated carbocycles. The lowest BCUT2D eigenvalue weighted by molar-refractivity contribution is 0.281. The Hall–Kier alpha value is -1.44. The van der Waals surface area contributed by atoms with Gasteiger partial charge in [-0.05, 0) is 30.2 Å². The molecule has 0 aliphatic carbocycles. The minimum atomic E-state index is 0.842. The van der Waals surface area contributed by atoms with Gasteiger partial charge in [-0.2, -0.15) is 0 Å². The van der Waals surface area contributed by atoms with Crippen LogP contribution in [0.25, 0.3) is 0 Å². The van der Waals surface area contributed by atoms with Gasteiger partial charge < -0.3 is 9.47 Å². The lowest BCUT2D eigenvalue weighted by atomic mass is 10.1. The molecule has 1 rings (SSSR count). The molecule has 0 aliphatic heterocycles. The summed E-state index contributed by atoms with van der Waals surface area (Å²) in [5.74, 6) is 1.90. The van der Waals surface area contributed by atoms with Gasteiger partial charge in [-0.15, -0.1) is 0 Å². The largest absolute Gasteiger partial charge is 0.501 e. The lowest BCUT2D eigenvalue weighted by Crippen LogP contribution is -1.93. The van der Waals surface area contributed by atoms with Crippen molar-refractivity contribution in [3.63, 3.8) is 0 Å². The van der Waals surface area contributed by atoms with Gasteiger partial charge in [0.1, 0.15) is 5.75 Å². The summed E-state index contributed by atoms with van der Waals surface area (Å²) < 4.78 is 10.4. The summed E-state index contributed by atoms with van der Waals surface area (Å²) in [4.78, 5) is 0. The quantitative estimate of drug-likeness (QED) is 0.689. The molecule has 0 saturated heterocycles. The minimum Gasteiger partial charge on any atom is -0.501 e. The van der Waals surface area contributed by atoms with Crippen LogP contribution in [0.15, 0.2) is 36.1 Å². The third kappa shape index (κ3) is 3.66. The van der Waals surface area contributed by atoms with Crippen molar-refractivity contribution >= 4 is 0 Å². The highest BCUT2D eigenvalue weighted by molar-refractivity contribution is 5.29. The third-order valence-corrected chi connectivity index (χ3v) is 2.23. The summed E-state index contributed by atoms with van der Waals surface area (Å²) in [5, 5.41) is 0. The zero-order chi connectivity index (χ0) is 11.1. The van der Waals surface area contributed by atoms with E-state index >= 15 is 0 Å². The van der Waals surface area contributed by atoms with Crippen molar-refractivity contribution in [3.8, 4) is 5.75 Å². The first kappa shape index (κ1) is 11.6. The molecule has 0 heterocycles. The van der Waals surface area contributed by atoms with Gasteiger partial charge in [0, 0.05) is 6.42 Å². The Balaban J connectivity index is 2.67. The van der Waals surface area contributed by atoms with E-state index in [2.05, 4.69) is 25.1 Å². The molecule has 0 N–H and O–H groups in total. The maximum atomic E-state index is 5.28. The Bertz CT molecular complexity index is 312. The van der Waals surface area contributed by atoms with Crippen LogP contribution in [0.5, 0.6) is 5.75 Å². The van der Waals surface area contributed by atoms with Crippen LogP contribution in [-0.4, -0.2) is 14.2 Å². The molecule has 0 bridgehead atoms. The van der Waals surface area contributed by atoms with Crippen molar-refractivity contribution in [1.82, 2.24) is 0 Å². The number of benzene rings is 1. The molecular formula is C13H18O2. The molecule has 15 heavy (non-hydrogen) atoms. The van der Waals surface area contributed by atoms with Crippen LogP contribution in [0.2, 0.25) is 0 Å². The van der Waals surface area contributed by atoms with Crippen LogP contribution in [0.1, 0.15) is 18.9 Å². The number of hydrogen-bond donors (Lipinski definition) is 0. The predicted molar refractivity (Wildman–Crippen MR) is 62.1 cm³/mol. The van der Waals surface area contributed by atoms with Crippen molar-refractivity contribution in [2.45, 2.75) is 19.8 Å². The molecule has 0 amide bonds. The summed E-state index contributed by atoms with van der Waals surface area (Å²) in [5.41, 5.74) is 1.23. The first-order chi connectivity index (χ1) is 7.30. The maximum Gasteiger partial charge on any atom is 0.118 e. The van der Waals surface area contributed by atoms with Crippen LogP contribution < -0.4 is 4.74 Å². The molecular weight excluding hydrogens is 188 g/mol. The molecule has 2 heteroatoms. The van der Waals surface area contributed by atoms with Gasteiger partial charge in [-0.1, -0.05) is 19.1 Å². The average Bonchev–Trinajstić information content (AvgIpc) is 2.29. The predicted octanol–water partition coefficient (Wildman–Crippen LogP) is 3.18. The highest BCUT2D eigenvalue weighted by Crippen LogP contribution is 2.14. The van der Waals surface area contributed by atoms with Gasteiger partial charge >= 0.3 is 0 Å². The molecule has 2 nitrogen and oxygen atoms in total. The molecule has 82 valence electrons. The van der Waals surface area contributed by atoms with E-state index in [1.54, 1.807) is 14.2 Å². The first-order valence-corrected chi connectivity index (χ1v) is 5.16. The zero-order valence-corrected chi connectivity index (χ0v) is 9.62. The lowest BCUT2D eigenvalue weighted by Gasteiger charge is -2.06. The van der Waals surface area contributed by atoms with Gasteiger partial charge in [-0.3, -0.25) is 0 Å². The number of allylic oxidation sites excluding steroid dienone is 2. The fraction of sp³-hybridized carbons (Fsp3) is 0.385. The SMILES string of the molecule is CC/C=C(\Cc1ccc(OC)cc1)OC. The van der Waals surface area contributed by atoms with E-state index in [1.165, 1.54) is 5.56 Å². The van der Waals surface area contributed by atoms with Gasteiger partial charge in [0.25, 0.3) is 0 Å². The van der Waals surface area contributed by atoms with Crippen LogP contribution in [-0.2, 0) is 11.2 Å². The van der Waals surface area contributed by atoms with Crippen LogP contribution in [0.4, 0.5) is 0 Å². The summed E-state index contributed by atoms with van der Waals surface area (Å²) in [6, 6.07) is 8.05. The van der Waals surface area contributed by atoms with Gasteiger partial charge in [-0.25, -0.2) is 0 Å². The summed E-state index contributed by atoms with van der Waals surface area (Å²) in [6.07, 6.45) is 3.94. The third-order valence-electron chi connectivity index (χ3n) is 2.23. The van der Waals surface area contributed by atoms with E-state index in [1.807, 2.05) is 12.1 Å². The number of ether oxygens (including phenoxy) is 2. The second kappa shape index (κ2) is 6.12.